The molecule has 0 aliphatic carbocycles. The van der Waals surface area contributed by atoms with E-state index in [9.17, 15) is 27.6 Å². The van der Waals surface area contributed by atoms with Crippen LogP contribution in [0.15, 0.2) is 42.6 Å². The number of carbonyl (C=O) groups is 3. The number of pyridine rings is 1. The fourth-order valence-corrected chi connectivity index (χ4v) is 3.26. The van der Waals surface area contributed by atoms with Crippen molar-refractivity contribution in [3.8, 4) is 0 Å². The zero-order valence-corrected chi connectivity index (χ0v) is 23.7. The molecular formula is C26H35ClF3N5O5. The highest BCUT2D eigenvalue weighted by atomic mass is 35.5. The smallest absolute Gasteiger partial charge is 0.408 e. The first-order valence-corrected chi connectivity index (χ1v) is 12.5. The average Bonchev–Trinajstić information content (AvgIpc) is 2.89. The van der Waals surface area contributed by atoms with Gasteiger partial charge in [-0.3, -0.25) is 0 Å². The Morgan fingerprint density at radius 1 is 1.30 bits per heavy atom. The van der Waals surface area contributed by atoms with E-state index in [1.54, 1.807) is 58.3 Å². The van der Waals surface area contributed by atoms with E-state index in [1.165, 1.54) is 19.2 Å². The summed E-state index contributed by atoms with van der Waals surface area (Å²) in [7, 11) is 3.17. The van der Waals surface area contributed by atoms with E-state index < -0.39 is 42.8 Å². The standard InChI is InChI=1S/C13H18F2N4O2.C7H13NO3.C6H4ClF/c1-16-11-5-9(3-4-17-11)10(6-21-2)19-8-13(14,15)7-18-12(19)20;1-7(2,3)11-6(10)8-4-5-9;7-5-3-1-2-4-6(5)8/h3-5,10H,6-8H2,1-2H3,(H,16,17)(H,18,20);5H,4H2,1-3H3,(H,8,10);1-4H. The summed E-state index contributed by atoms with van der Waals surface area (Å²) in [6.45, 7) is 4.12. The highest BCUT2D eigenvalue weighted by Crippen LogP contribution is 2.28. The molecule has 0 radical (unpaired) electrons. The van der Waals surface area contributed by atoms with Gasteiger partial charge in [0.05, 0.1) is 37.3 Å². The molecular weight excluding hydrogens is 555 g/mol. The molecule has 10 nitrogen and oxygen atoms in total. The largest absolute Gasteiger partial charge is 0.444 e. The second-order valence-electron chi connectivity index (χ2n) is 9.30. The number of hydrogen-bond acceptors (Lipinski definition) is 7. The average molecular weight is 590 g/mol. The van der Waals surface area contributed by atoms with Crippen molar-refractivity contribution in [2.75, 3.05) is 45.7 Å². The van der Waals surface area contributed by atoms with Gasteiger partial charge in [0, 0.05) is 20.4 Å². The van der Waals surface area contributed by atoms with Gasteiger partial charge in [0.2, 0.25) is 0 Å². The SMILES string of the molecule is CC(C)(C)OC(=O)NCC=O.CNc1cc(C(COC)N2CC(F)(F)CNC2=O)ccn1.Fc1ccccc1Cl. The summed E-state index contributed by atoms with van der Waals surface area (Å²) in [5, 5.41) is 7.52. The Labute approximate surface area is 236 Å². The van der Waals surface area contributed by atoms with Crippen molar-refractivity contribution in [3.05, 3.63) is 59.0 Å². The van der Waals surface area contributed by atoms with Gasteiger partial charge in [0.25, 0.3) is 5.92 Å². The number of nitrogens with one attached hydrogen (secondary N) is 3. The Bertz CT molecular complexity index is 1080. The summed E-state index contributed by atoms with van der Waals surface area (Å²) in [5.41, 5.74) is 0.177. The molecule has 14 heteroatoms. The minimum absolute atomic E-state index is 0.00505. The van der Waals surface area contributed by atoms with E-state index >= 15 is 0 Å². The van der Waals surface area contributed by atoms with Crippen LogP contribution in [-0.4, -0.2) is 80.2 Å². The lowest BCUT2D eigenvalue weighted by molar-refractivity contribution is -0.107. The number of benzene rings is 1. The first-order valence-electron chi connectivity index (χ1n) is 12.1. The van der Waals surface area contributed by atoms with Gasteiger partial charge in [-0.25, -0.2) is 27.7 Å². The van der Waals surface area contributed by atoms with Gasteiger partial charge in [0.15, 0.2) is 0 Å². The molecule has 1 fully saturated rings. The van der Waals surface area contributed by atoms with Crippen molar-refractivity contribution in [2.24, 2.45) is 0 Å². The number of alkyl carbamates (subject to hydrolysis) is 1. The van der Waals surface area contributed by atoms with E-state index in [0.717, 1.165) is 4.90 Å². The van der Waals surface area contributed by atoms with Crippen molar-refractivity contribution in [2.45, 2.75) is 38.3 Å². The van der Waals surface area contributed by atoms with Crippen LogP contribution < -0.4 is 16.0 Å². The molecule has 1 unspecified atom stereocenters. The lowest BCUT2D eigenvalue weighted by Crippen LogP contribution is -2.58. The zero-order valence-electron chi connectivity index (χ0n) is 23.0. The third-order valence-corrected chi connectivity index (χ3v) is 5.15. The predicted molar refractivity (Wildman–Crippen MR) is 145 cm³/mol. The normalized spacial score (nSPS) is 14.7. The van der Waals surface area contributed by atoms with Crippen molar-refractivity contribution >= 4 is 35.8 Å². The van der Waals surface area contributed by atoms with E-state index in [0.29, 0.717) is 17.7 Å². The summed E-state index contributed by atoms with van der Waals surface area (Å²) in [6.07, 6.45) is 1.60. The van der Waals surface area contributed by atoms with Gasteiger partial charge >= 0.3 is 12.1 Å². The third-order valence-electron chi connectivity index (χ3n) is 4.84. The van der Waals surface area contributed by atoms with Gasteiger partial charge in [0.1, 0.15) is 23.5 Å². The van der Waals surface area contributed by atoms with Gasteiger partial charge in [-0.15, -0.1) is 0 Å². The third kappa shape index (κ3) is 13.0. The topological polar surface area (TPSA) is 122 Å². The molecule has 2 heterocycles. The monoisotopic (exact) mass is 589 g/mol. The Hall–Kier alpha value is -3.58. The maximum Gasteiger partial charge on any atom is 0.408 e. The predicted octanol–water partition coefficient (Wildman–Crippen LogP) is 4.66. The number of alkyl halides is 2. The van der Waals surface area contributed by atoms with Crippen LogP contribution in [-0.2, 0) is 14.3 Å². The molecule has 3 N–H and O–H groups in total. The van der Waals surface area contributed by atoms with Gasteiger partial charge < -0.3 is 35.1 Å². The van der Waals surface area contributed by atoms with Crippen LogP contribution in [0.1, 0.15) is 32.4 Å². The number of amides is 3. The molecule has 1 atom stereocenters. The number of carbonyl (C=O) groups excluding carboxylic acids is 3. The van der Waals surface area contributed by atoms with Crippen LogP contribution in [0.4, 0.5) is 28.6 Å². The van der Waals surface area contributed by atoms with Crippen LogP contribution in [0.25, 0.3) is 0 Å². The number of aldehydes is 1. The fourth-order valence-electron chi connectivity index (χ4n) is 3.13. The molecule has 1 aliphatic heterocycles. The van der Waals surface area contributed by atoms with Crippen LogP contribution in [0, 0.1) is 5.82 Å². The number of anilines is 1. The maximum atomic E-state index is 13.6. The molecule has 1 aromatic heterocycles. The number of aromatic nitrogens is 1. The zero-order chi connectivity index (χ0) is 30.3. The number of ether oxygens (including phenoxy) is 2. The van der Waals surface area contributed by atoms with Crippen LogP contribution >= 0.6 is 11.6 Å². The molecule has 1 saturated heterocycles. The molecule has 0 spiro atoms. The van der Waals surface area contributed by atoms with Gasteiger partial charge in [-0.1, -0.05) is 23.7 Å². The summed E-state index contributed by atoms with van der Waals surface area (Å²) < 4.78 is 49.2. The summed E-state index contributed by atoms with van der Waals surface area (Å²) in [5.74, 6) is -2.73. The maximum absolute atomic E-state index is 13.6. The number of halogens is 4. The lowest BCUT2D eigenvalue weighted by Gasteiger charge is -2.38. The molecule has 2 aromatic rings. The van der Waals surface area contributed by atoms with Crippen LogP contribution in [0.5, 0.6) is 0 Å². The van der Waals surface area contributed by atoms with E-state index in [4.69, 9.17) is 21.1 Å². The first kappa shape index (κ1) is 34.4. The van der Waals surface area contributed by atoms with Crippen molar-refractivity contribution < 1.29 is 37.0 Å². The number of rotatable bonds is 7. The molecule has 0 saturated carbocycles. The number of hydrogen-bond donors (Lipinski definition) is 3. The Morgan fingerprint density at radius 3 is 2.50 bits per heavy atom. The van der Waals surface area contributed by atoms with Crippen LogP contribution in [0.3, 0.4) is 0 Å². The van der Waals surface area contributed by atoms with Gasteiger partial charge in [-0.05, 0) is 50.6 Å². The second kappa shape index (κ2) is 16.5. The molecule has 3 amide bonds. The Morgan fingerprint density at radius 2 is 1.98 bits per heavy atom. The van der Waals surface area contributed by atoms with E-state index in [2.05, 4.69) is 20.9 Å². The van der Waals surface area contributed by atoms with Crippen molar-refractivity contribution in [3.63, 3.8) is 0 Å². The highest BCUT2D eigenvalue weighted by molar-refractivity contribution is 6.30. The molecule has 222 valence electrons. The summed E-state index contributed by atoms with van der Waals surface area (Å²) >= 11 is 5.33. The fraction of sp³-hybridized carbons (Fsp3) is 0.462. The first-order chi connectivity index (χ1) is 18.7. The molecule has 40 heavy (non-hydrogen) atoms. The van der Waals surface area contributed by atoms with Crippen molar-refractivity contribution in [1.29, 1.82) is 0 Å². The number of methoxy groups -OCH3 is 1. The molecule has 0 bridgehead atoms. The van der Waals surface area contributed by atoms with Crippen LogP contribution in [0.2, 0.25) is 5.02 Å². The second-order valence-corrected chi connectivity index (χ2v) is 9.71. The summed E-state index contributed by atoms with van der Waals surface area (Å²) in [6, 6.07) is 8.39. The minimum Gasteiger partial charge on any atom is -0.444 e. The lowest BCUT2D eigenvalue weighted by atomic mass is 10.1. The quantitative estimate of drug-likeness (QED) is 0.402. The van der Waals surface area contributed by atoms with Crippen molar-refractivity contribution in [1.82, 2.24) is 20.5 Å². The Balaban J connectivity index is 0.000000351. The molecule has 3 rings (SSSR count). The van der Waals surface area contributed by atoms with Gasteiger partial charge in [-0.2, -0.15) is 0 Å². The van der Waals surface area contributed by atoms with E-state index in [1.807, 2.05) is 0 Å². The summed E-state index contributed by atoms with van der Waals surface area (Å²) in [4.78, 5) is 37.6. The van der Waals surface area contributed by atoms with E-state index in [-0.39, 0.29) is 24.0 Å². The number of urea groups is 1. The molecule has 1 aromatic carbocycles. The molecule has 1 aliphatic rings. The number of nitrogens with zero attached hydrogens (tertiary/aromatic N) is 2. The minimum atomic E-state index is -2.96. The Kier molecular flexibility index (Phi) is 14.2. The highest BCUT2D eigenvalue weighted by Gasteiger charge is 2.42.